The Labute approximate surface area is 113 Å². The van der Waals surface area contributed by atoms with Gasteiger partial charge in [0.05, 0.1) is 5.56 Å². The zero-order valence-corrected chi connectivity index (χ0v) is 10.8. The predicted molar refractivity (Wildman–Crippen MR) is 72.4 cm³/mol. The van der Waals surface area contributed by atoms with Crippen LogP contribution in [0.2, 0.25) is 0 Å². The number of anilines is 2. The second-order valence-corrected chi connectivity index (χ2v) is 5.09. The number of thiophene rings is 1. The SMILES string of the molecule is Nc1ccc(NCCc2cccs2)c(C(F)(F)F)c1. The van der Waals surface area contributed by atoms with Gasteiger partial charge in [-0.1, -0.05) is 6.07 Å². The van der Waals surface area contributed by atoms with Gasteiger partial charge in [0.2, 0.25) is 0 Å². The highest BCUT2D eigenvalue weighted by molar-refractivity contribution is 7.09. The van der Waals surface area contributed by atoms with Gasteiger partial charge in [0.1, 0.15) is 0 Å². The lowest BCUT2D eigenvalue weighted by molar-refractivity contribution is -0.136. The van der Waals surface area contributed by atoms with E-state index in [2.05, 4.69) is 5.32 Å². The van der Waals surface area contributed by atoms with E-state index < -0.39 is 11.7 Å². The van der Waals surface area contributed by atoms with E-state index in [4.69, 9.17) is 5.73 Å². The lowest BCUT2D eigenvalue weighted by atomic mass is 10.1. The number of hydrogen-bond donors (Lipinski definition) is 2. The Hall–Kier alpha value is -1.69. The van der Waals surface area contributed by atoms with Crippen molar-refractivity contribution in [1.82, 2.24) is 0 Å². The summed E-state index contributed by atoms with van der Waals surface area (Å²) >= 11 is 1.59. The zero-order chi connectivity index (χ0) is 13.9. The van der Waals surface area contributed by atoms with Crippen molar-refractivity contribution in [3.8, 4) is 0 Å². The molecule has 2 rings (SSSR count). The third-order valence-electron chi connectivity index (χ3n) is 2.62. The van der Waals surface area contributed by atoms with Crippen molar-refractivity contribution < 1.29 is 13.2 Å². The fourth-order valence-electron chi connectivity index (χ4n) is 1.73. The summed E-state index contributed by atoms with van der Waals surface area (Å²) in [6.45, 7) is 0.452. The van der Waals surface area contributed by atoms with Crippen molar-refractivity contribution in [1.29, 1.82) is 0 Å². The summed E-state index contributed by atoms with van der Waals surface area (Å²) in [5, 5.41) is 4.76. The largest absolute Gasteiger partial charge is 0.418 e. The quantitative estimate of drug-likeness (QED) is 0.834. The molecule has 2 nitrogen and oxygen atoms in total. The Morgan fingerprint density at radius 2 is 2.00 bits per heavy atom. The third kappa shape index (κ3) is 3.64. The van der Waals surface area contributed by atoms with E-state index in [0.717, 1.165) is 10.9 Å². The Morgan fingerprint density at radius 1 is 1.21 bits per heavy atom. The minimum Gasteiger partial charge on any atom is -0.399 e. The molecule has 0 aliphatic heterocycles. The Morgan fingerprint density at radius 3 is 2.63 bits per heavy atom. The number of alkyl halides is 3. The molecule has 0 fully saturated rings. The van der Waals surface area contributed by atoms with Crippen LogP contribution in [0.5, 0.6) is 0 Å². The second-order valence-electron chi connectivity index (χ2n) is 4.06. The van der Waals surface area contributed by atoms with E-state index >= 15 is 0 Å². The lowest BCUT2D eigenvalue weighted by Crippen LogP contribution is -2.13. The van der Waals surface area contributed by atoms with E-state index in [1.54, 1.807) is 11.3 Å². The molecular formula is C13H13F3N2S. The van der Waals surface area contributed by atoms with Gasteiger partial charge >= 0.3 is 6.18 Å². The van der Waals surface area contributed by atoms with Crippen LogP contribution in [0.3, 0.4) is 0 Å². The van der Waals surface area contributed by atoms with Gasteiger partial charge in [0, 0.05) is 22.8 Å². The molecule has 0 bridgehead atoms. The van der Waals surface area contributed by atoms with Gasteiger partial charge in [-0.3, -0.25) is 0 Å². The minimum absolute atomic E-state index is 0.0678. The highest BCUT2D eigenvalue weighted by Crippen LogP contribution is 2.36. The molecule has 0 aliphatic rings. The highest BCUT2D eigenvalue weighted by Gasteiger charge is 2.33. The molecule has 6 heteroatoms. The summed E-state index contributed by atoms with van der Waals surface area (Å²) in [6.07, 6.45) is -3.71. The van der Waals surface area contributed by atoms with E-state index in [-0.39, 0.29) is 11.4 Å². The summed E-state index contributed by atoms with van der Waals surface area (Å²) in [7, 11) is 0. The van der Waals surface area contributed by atoms with Crippen LogP contribution in [0.1, 0.15) is 10.4 Å². The summed E-state index contributed by atoms with van der Waals surface area (Å²) in [5.74, 6) is 0. The van der Waals surface area contributed by atoms with Crippen LogP contribution in [-0.4, -0.2) is 6.54 Å². The summed E-state index contributed by atoms with van der Waals surface area (Å²) < 4.78 is 38.5. The van der Waals surface area contributed by atoms with Crippen molar-refractivity contribution in [2.24, 2.45) is 0 Å². The fourth-order valence-corrected chi connectivity index (χ4v) is 2.43. The van der Waals surface area contributed by atoms with E-state index in [9.17, 15) is 13.2 Å². The van der Waals surface area contributed by atoms with Crippen LogP contribution in [0.25, 0.3) is 0 Å². The van der Waals surface area contributed by atoms with E-state index in [0.29, 0.717) is 13.0 Å². The molecule has 102 valence electrons. The molecule has 0 atom stereocenters. The molecule has 3 N–H and O–H groups in total. The average molecular weight is 286 g/mol. The van der Waals surface area contributed by atoms with Crippen LogP contribution in [-0.2, 0) is 12.6 Å². The maximum Gasteiger partial charge on any atom is 0.418 e. The number of nitrogens with two attached hydrogens (primary N) is 1. The number of hydrogen-bond acceptors (Lipinski definition) is 3. The molecule has 0 radical (unpaired) electrons. The van der Waals surface area contributed by atoms with Crippen LogP contribution in [0, 0.1) is 0 Å². The van der Waals surface area contributed by atoms with Gasteiger partial charge in [-0.15, -0.1) is 11.3 Å². The summed E-state index contributed by atoms with van der Waals surface area (Å²) in [6, 6.07) is 7.66. The van der Waals surface area contributed by atoms with Gasteiger partial charge in [-0.2, -0.15) is 13.2 Å². The molecule has 0 saturated heterocycles. The molecule has 0 spiro atoms. The maximum absolute atomic E-state index is 12.8. The smallest absolute Gasteiger partial charge is 0.399 e. The molecular weight excluding hydrogens is 273 g/mol. The van der Waals surface area contributed by atoms with Gasteiger partial charge in [0.15, 0.2) is 0 Å². The first kappa shape index (κ1) is 13.7. The molecule has 1 aromatic carbocycles. The van der Waals surface area contributed by atoms with Crippen molar-refractivity contribution in [3.63, 3.8) is 0 Å². The number of halogens is 3. The number of rotatable bonds is 4. The topological polar surface area (TPSA) is 38.0 Å². The molecule has 0 aliphatic carbocycles. The Bertz CT molecular complexity index is 535. The van der Waals surface area contributed by atoms with Gasteiger partial charge < -0.3 is 11.1 Å². The third-order valence-corrected chi connectivity index (χ3v) is 3.55. The summed E-state index contributed by atoms with van der Waals surface area (Å²) in [4.78, 5) is 1.14. The average Bonchev–Trinajstić information content (AvgIpc) is 2.83. The zero-order valence-electron chi connectivity index (χ0n) is 10.00. The monoisotopic (exact) mass is 286 g/mol. The Kier molecular flexibility index (Phi) is 3.99. The first-order valence-corrected chi connectivity index (χ1v) is 6.58. The fraction of sp³-hybridized carbons (Fsp3) is 0.231. The minimum atomic E-state index is -4.40. The second kappa shape index (κ2) is 5.52. The van der Waals surface area contributed by atoms with Crippen molar-refractivity contribution in [3.05, 3.63) is 46.2 Å². The van der Waals surface area contributed by atoms with Crippen molar-refractivity contribution in [2.45, 2.75) is 12.6 Å². The van der Waals surface area contributed by atoms with Crippen LogP contribution >= 0.6 is 11.3 Å². The molecule has 19 heavy (non-hydrogen) atoms. The lowest BCUT2D eigenvalue weighted by Gasteiger charge is -2.15. The predicted octanol–water partition coefficient (Wildman–Crippen LogP) is 4.00. The van der Waals surface area contributed by atoms with E-state index in [1.165, 1.54) is 12.1 Å². The van der Waals surface area contributed by atoms with Crippen molar-refractivity contribution >= 4 is 22.7 Å². The highest BCUT2D eigenvalue weighted by atomic mass is 32.1. The number of nitrogen functional groups attached to an aromatic ring is 1. The first-order valence-electron chi connectivity index (χ1n) is 5.70. The van der Waals surface area contributed by atoms with Crippen LogP contribution < -0.4 is 11.1 Å². The maximum atomic E-state index is 12.8. The number of benzene rings is 1. The van der Waals surface area contributed by atoms with Crippen LogP contribution in [0.4, 0.5) is 24.5 Å². The van der Waals surface area contributed by atoms with Gasteiger partial charge in [0.25, 0.3) is 0 Å². The Balaban J connectivity index is 2.07. The molecule has 1 aromatic heterocycles. The molecule has 0 amide bonds. The molecule has 0 saturated carbocycles. The van der Waals surface area contributed by atoms with E-state index in [1.807, 2.05) is 17.5 Å². The molecule has 1 heterocycles. The molecule has 2 aromatic rings. The van der Waals surface area contributed by atoms with Gasteiger partial charge in [-0.05, 0) is 36.1 Å². The van der Waals surface area contributed by atoms with Crippen LogP contribution in [0.15, 0.2) is 35.7 Å². The first-order chi connectivity index (χ1) is 8.97. The molecule has 0 unspecified atom stereocenters. The summed E-state index contributed by atoms with van der Waals surface area (Å²) in [5.41, 5.74) is 4.86. The normalized spacial score (nSPS) is 11.5. The number of nitrogens with one attached hydrogen (secondary N) is 1. The standard InChI is InChI=1S/C13H13F3N2S/c14-13(15,16)11-8-9(17)3-4-12(11)18-6-5-10-2-1-7-19-10/h1-4,7-8,18H,5-6,17H2. The van der Waals surface area contributed by atoms with Crippen molar-refractivity contribution in [2.75, 3.05) is 17.6 Å². The van der Waals surface area contributed by atoms with Gasteiger partial charge in [-0.25, -0.2) is 0 Å².